The van der Waals surface area contributed by atoms with Gasteiger partial charge in [-0.05, 0) is 0 Å². The van der Waals surface area contributed by atoms with E-state index in [0.717, 1.165) is 5.56 Å². The highest BCUT2D eigenvalue weighted by molar-refractivity contribution is 6.46. The Labute approximate surface area is 89.7 Å². The molecule has 0 spiro atoms. The summed E-state index contributed by atoms with van der Waals surface area (Å²) >= 11 is 0. The van der Waals surface area contributed by atoms with Gasteiger partial charge in [-0.25, -0.2) is 5.84 Å². The van der Waals surface area contributed by atoms with Gasteiger partial charge >= 0.3 is 0 Å². The van der Waals surface area contributed by atoms with Crippen LogP contribution in [0.25, 0.3) is 0 Å². The quantitative estimate of drug-likeness (QED) is 0.292. The Morgan fingerprint density at radius 1 is 1.33 bits per heavy atom. The first-order valence-corrected chi connectivity index (χ1v) is 4.26. The van der Waals surface area contributed by atoms with Gasteiger partial charge in [0, 0.05) is 19.7 Å². The first kappa shape index (κ1) is 13.3. The molecule has 0 saturated carbocycles. The minimum atomic E-state index is 0. The lowest BCUT2D eigenvalue weighted by atomic mass is 10.1. The van der Waals surface area contributed by atoms with E-state index in [-0.39, 0.29) is 12.0 Å². The molecule has 0 saturated heterocycles. The molecule has 0 aliphatic heterocycles. The number of nitrogens with two attached hydrogens (primary N) is 1. The van der Waals surface area contributed by atoms with Crippen LogP contribution in [0.5, 0.6) is 0 Å². The van der Waals surface area contributed by atoms with Crippen molar-refractivity contribution in [2.45, 2.75) is 0 Å². The number of amidine groups is 1. The van der Waals surface area contributed by atoms with Crippen molar-refractivity contribution in [3.05, 3.63) is 35.9 Å². The standard InChI is InChI=1S/C10H14N4.H3N/c1-13-9(10(11)14(2)12)8-6-4-3-5-7-8;/h3-7,11H,12H2,1-2H3;1H3. The zero-order chi connectivity index (χ0) is 10.6. The SMILES string of the molecule is CN=C(C(=N)N(C)N)c1ccccc1.N. The third-order valence-electron chi connectivity index (χ3n) is 1.85. The minimum Gasteiger partial charge on any atom is -0.344 e. The van der Waals surface area contributed by atoms with E-state index < -0.39 is 0 Å². The van der Waals surface area contributed by atoms with E-state index in [1.807, 2.05) is 30.3 Å². The maximum atomic E-state index is 7.71. The number of hydrazine groups is 1. The van der Waals surface area contributed by atoms with Crippen LogP contribution in [0.15, 0.2) is 35.3 Å². The molecule has 0 aromatic heterocycles. The van der Waals surface area contributed by atoms with Gasteiger partial charge in [0.05, 0.1) is 0 Å². The average molecular weight is 207 g/mol. The Hall–Kier alpha value is -1.72. The van der Waals surface area contributed by atoms with Gasteiger partial charge in [0.2, 0.25) is 0 Å². The molecular weight excluding hydrogens is 190 g/mol. The van der Waals surface area contributed by atoms with Crippen molar-refractivity contribution in [3.63, 3.8) is 0 Å². The molecule has 5 nitrogen and oxygen atoms in total. The predicted octanol–water partition coefficient (Wildman–Crippen LogP) is 1.05. The molecule has 0 aliphatic carbocycles. The van der Waals surface area contributed by atoms with E-state index in [9.17, 15) is 0 Å². The van der Waals surface area contributed by atoms with Gasteiger partial charge in [-0.2, -0.15) is 0 Å². The lowest BCUT2D eigenvalue weighted by Gasteiger charge is -2.14. The van der Waals surface area contributed by atoms with Crippen LogP contribution < -0.4 is 12.0 Å². The van der Waals surface area contributed by atoms with Gasteiger partial charge in [0.25, 0.3) is 0 Å². The molecule has 15 heavy (non-hydrogen) atoms. The second kappa shape index (κ2) is 5.90. The molecule has 1 aromatic carbocycles. The van der Waals surface area contributed by atoms with Crippen LogP contribution in [0, 0.1) is 5.41 Å². The topological polar surface area (TPSA) is 100 Å². The highest BCUT2D eigenvalue weighted by Gasteiger charge is 2.10. The van der Waals surface area contributed by atoms with Crippen LogP contribution in [0.2, 0.25) is 0 Å². The number of benzene rings is 1. The fraction of sp³-hybridized carbons (Fsp3) is 0.200. The summed E-state index contributed by atoms with van der Waals surface area (Å²) in [5, 5.41) is 8.95. The summed E-state index contributed by atoms with van der Waals surface area (Å²) in [4.78, 5) is 4.05. The van der Waals surface area contributed by atoms with Gasteiger partial charge in [-0.3, -0.25) is 15.4 Å². The van der Waals surface area contributed by atoms with Crippen LogP contribution >= 0.6 is 0 Å². The molecule has 6 N–H and O–H groups in total. The van der Waals surface area contributed by atoms with Crippen molar-refractivity contribution in [1.82, 2.24) is 11.2 Å². The zero-order valence-electron chi connectivity index (χ0n) is 9.07. The third kappa shape index (κ3) is 3.16. The Morgan fingerprint density at radius 2 is 1.87 bits per heavy atom. The van der Waals surface area contributed by atoms with Crippen molar-refractivity contribution in [2.75, 3.05) is 14.1 Å². The van der Waals surface area contributed by atoms with Crippen molar-refractivity contribution in [2.24, 2.45) is 10.8 Å². The Kier molecular flexibility index (Phi) is 5.22. The zero-order valence-corrected chi connectivity index (χ0v) is 9.07. The van der Waals surface area contributed by atoms with E-state index in [4.69, 9.17) is 11.3 Å². The maximum Gasteiger partial charge on any atom is 0.161 e. The van der Waals surface area contributed by atoms with Gasteiger partial charge in [0.15, 0.2) is 5.84 Å². The maximum absolute atomic E-state index is 7.71. The summed E-state index contributed by atoms with van der Waals surface area (Å²) in [5.74, 6) is 5.68. The van der Waals surface area contributed by atoms with Gasteiger partial charge in [0.1, 0.15) is 5.71 Å². The summed E-state index contributed by atoms with van der Waals surface area (Å²) in [6.45, 7) is 0. The summed E-state index contributed by atoms with van der Waals surface area (Å²) in [7, 11) is 3.27. The molecule has 0 unspecified atom stereocenters. The molecule has 0 atom stereocenters. The fourth-order valence-electron chi connectivity index (χ4n) is 1.13. The Balaban J connectivity index is 0.00000196. The molecule has 1 rings (SSSR count). The molecule has 0 heterocycles. The van der Waals surface area contributed by atoms with Gasteiger partial charge < -0.3 is 6.15 Å². The third-order valence-corrected chi connectivity index (χ3v) is 1.85. The van der Waals surface area contributed by atoms with Crippen LogP contribution in [-0.4, -0.2) is 30.7 Å². The van der Waals surface area contributed by atoms with E-state index in [1.165, 1.54) is 5.01 Å². The van der Waals surface area contributed by atoms with Crippen LogP contribution in [-0.2, 0) is 0 Å². The normalized spacial score (nSPS) is 10.5. The minimum absolute atomic E-state index is 0. The smallest absolute Gasteiger partial charge is 0.161 e. The Morgan fingerprint density at radius 3 is 2.27 bits per heavy atom. The van der Waals surface area contributed by atoms with Crippen LogP contribution in [0.1, 0.15) is 5.56 Å². The number of nitrogens with one attached hydrogen (secondary N) is 1. The van der Waals surface area contributed by atoms with Crippen molar-refractivity contribution in [3.8, 4) is 0 Å². The molecule has 0 amide bonds. The summed E-state index contributed by atoms with van der Waals surface area (Å²) < 4.78 is 0. The number of likely N-dealkylation sites (N-methyl/N-ethyl adjacent to an activating group) is 1. The first-order chi connectivity index (χ1) is 6.66. The molecular formula is C10H17N5. The lowest BCUT2D eigenvalue weighted by molar-refractivity contribution is 0.542. The van der Waals surface area contributed by atoms with E-state index >= 15 is 0 Å². The van der Waals surface area contributed by atoms with Crippen molar-refractivity contribution >= 4 is 11.5 Å². The Bertz CT molecular complexity index is 342. The highest BCUT2D eigenvalue weighted by atomic mass is 15.4. The van der Waals surface area contributed by atoms with Gasteiger partial charge in [-0.15, -0.1) is 0 Å². The molecule has 5 heteroatoms. The molecule has 0 fully saturated rings. The molecule has 0 aliphatic rings. The van der Waals surface area contributed by atoms with Gasteiger partial charge in [-0.1, -0.05) is 30.3 Å². The average Bonchev–Trinajstić information content (AvgIpc) is 2.20. The second-order valence-electron chi connectivity index (χ2n) is 2.90. The molecule has 82 valence electrons. The van der Waals surface area contributed by atoms with Crippen molar-refractivity contribution < 1.29 is 0 Å². The predicted molar refractivity (Wildman–Crippen MR) is 63.6 cm³/mol. The number of rotatable bonds is 2. The number of aliphatic imine (C=N–C) groups is 1. The number of hydrogen-bond donors (Lipinski definition) is 3. The summed E-state index contributed by atoms with van der Waals surface area (Å²) in [6.07, 6.45) is 0. The van der Waals surface area contributed by atoms with E-state index in [0.29, 0.717) is 5.71 Å². The van der Waals surface area contributed by atoms with Crippen LogP contribution in [0.4, 0.5) is 0 Å². The first-order valence-electron chi connectivity index (χ1n) is 4.26. The largest absolute Gasteiger partial charge is 0.344 e. The fourth-order valence-corrected chi connectivity index (χ4v) is 1.13. The van der Waals surface area contributed by atoms with Crippen LogP contribution in [0.3, 0.4) is 0 Å². The molecule has 1 aromatic rings. The van der Waals surface area contributed by atoms with E-state index in [2.05, 4.69) is 4.99 Å². The highest BCUT2D eigenvalue weighted by Crippen LogP contribution is 2.02. The lowest BCUT2D eigenvalue weighted by Crippen LogP contribution is -2.38. The molecule has 0 radical (unpaired) electrons. The number of hydrogen-bond acceptors (Lipinski definition) is 4. The van der Waals surface area contributed by atoms with Crippen molar-refractivity contribution in [1.29, 1.82) is 5.41 Å². The number of nitrogens with zero attached hydrogens (tertiary/aromatic N) is 2. The second-order valence-corrected chi connectivity index (χ2v) is 2.90. The van der Waals surface area contributed by atoms with E-state index in [1.54, 1.807) is 14.1 Å². The summed E-state index contributed by atoms with van der Waals surface area (Å²) in [5.41, 5.74) is 1.49. The monoisotopic (exact) mass is 207 g/mol. The molecule has 0 bridgehead atoms. The summed E-state index contributed by atoms with van der Waals surface area (Å²) in [6, 6.07) is 9.54.